The lowest BCUT2D eigenvalue weighted by Crippen LogP contribution is -2.51. The molecule has 0 aromatic carbocycles. The Morgan fingerprint density at radius 2 is 2.30 bits per heavy atom. The van der Waals surface area contributed by atoms with Crippen molar-refractivity contribution in [2.75, 3.05) is 12.3 Å². The topological polar surface area (TPSA) is 96.5 Å². The first kappa shape index (κ1) is 16.7. The molecule has 23 heavy (non-hydrogen) atoms. The standard InChI is InChI=1S/C15H21N3O3S2/c16-13(9-2-1-3-9)11-4-5-12(19)18(11)6-7-22-15-17-10(8-23-15)14(20)21/h8-9,11,13H,1-7,16H2,(H,20,21)/t11-,13?/m1/s1. The highest BCUT2D eigenvalue weighted by Gasteiger charge is 2.39. The number of amides is 1. The molecule has 2 atom stereocenters. The SMILES string of the molecule is NC(C1CCC1)[C@H]1CCC(=O)N1CCSc1nc(C(=O)O)cs1. The van der Waals surface area contributed by atoms with E-state index in [9.17, 15) is 9.59 Å². The first-order chi connectivity index (χ1) is 11.1. The van der Waals surface area contributed by atoms with Crippen LogP contribution >= 0.6 is 23.1 Å². The molecule has 1 aliphatic carbocycles. The predicted octanol–water partition coefficient (Wildman–Crippen LogP) is 2.05. The number of likely N-dealkylation sites (tertiary alicyclic amines) is 1. The molecule has 1 unspecified atom stereocenters. The molecule has 0 spiro atoms. The summed E-state index contributed by atoms with van der Waals surface area (Å²) >= 11 is 2.83. The Labute approximate surface area is 143 Å². The Morgan fingerprint density at radius 1 is 1.52 bits per heavy atom. The van der Waals surface area contributed by atoms with Crippen molar-refractivity contribution in [3.63, 3.8) is 0 Å². The number of rotatable bonds is 7. The van der Waals surface area contributed by atoms with Crippen molar-refractivity contribution >= 4 is 35.0 Å². The molecule has 1 saturated heterocycles. The van der Waals surface area contributed by atoms with Gasteiger partial charge in [0, 0.05) is 36.2 Å². The molecule has 1 aromatic heterocycles. The number of hydrogen-bond donors (Lipinski definition) is 2. The summed E-state index contributed by atoms with van der Waals surface area (Å²) in [7, 11) is 0. The monoisotopic (exact) mass is 355 g/mol. The lowest BCUT2D eigenvalue weighted by atomic mass is 9.77. The largest absolute Gasteiger partial charge is 0.476 e. The molecule has 3 N–H and O–H groups in total. The van der Waals surface area contributed by atoms with E-state index in [0.29, 0.717) is 24.6 Å². The van der Waals surface area contributed by atoms with E-state index < -0.39 is 5.97 Å². The molecule has 1 saturated carbocycles. The molecule has 0 radical (unpaired) electrons. The zero-order valence-electron chi connectivity index (χ0n) is 12.8. The summed E-state index contributed by atoms with van der Waals surface area (Å²) in [4.78, 5) is 28.9. The van der Waals surface area contributed by atoms with Gasteiger partial charge < -0.3 is 15.7 Å². The highest BCUT2D eigenvalue weighted by Crippen LogP contribution is 2.34. The van der Waals surface area contributed by atoms with Gasteiger partial charge in [-0.2, -0.15) is 0 Å². The van der Waals surface area contributed by atoms with Gasteiger partial charge in [-0.05, 0) is 25.2 Å². The van der Waals surface area contributed by atoms with Crippen LogP contribution in [0.15, 0.2) is 9.72 Å². The number of nitrogens with two attached hydrogens (primary N) is 1. The molecular formula is C15H21N3O3S2. The van der Waals surface area contributed by atoms with Crippen LogP contribution in [0, 0.1) is 5.92 Å². The molecule has 6 nitrogen and oxygen atoms in total. The average molecular weight is 355 g/mol. The number of carbonyl (C=O) groups excluding carboxylic acids is 1. The van der Waals surface area contributed by atoms with Crippen LogP contribution in [0.5, 0.6) is 0 Å². The zero-order chi connectivity index (χ0) is 16.4. The number of thiazole rings is 1. The van der Waals surface area contributed by atoms with Crippen LogP contribution in [-0.2, 0) is 4.79 Å². The van der Waals surface area contributed by atoms with Gasteiger partial charge in [0.15, 0.2) is 10.0 Å². The number of aromatic nitrogens is 1. The van der Waals surface area contributed by atoms with Gasteiger partial charge in [-0.15, -0.1) is 11.3 Å². The molecule has 2 aliphatic rings. The third-order valence-electron chi connectivity index (χ3n) is 4.77. The van der Waals surface area contributed by atoms with Crippen LogP contribution < -0.4 is 5.73 Å². The summed E-state index contributed by atoms with van der Waals surface area (Å²) in [5.41, 5.74) is 6.46. The predicted molar refractivity (Wildman–Crippen MR) is 89.8 cm³/mol. The smallest absolute Gasteiger partial charge is 0.355 e. The maximum atomic E-state index is 12.1. The summed E-state index contributed by atoms with van der Waals surface area (Å²) in [6.45, 7) is 0.649. The van der Waals surface area contributed by atoms with E-state index in [1.54, 1.807) is 5.38 Å². The zero-order valence-corrected chi connectivity index (χ0v) is 14.4. The van der Waals surface area contributed by atoms with E-state index >= 15 is 0 Å². The minimum Gasteiger partial charge on any atom is -0.476 e. The number of carboxylic acid groups (broad SMARTS) is 1. The molecule has 1 aromatic rings. The second kappa shape index (κ2) is 7.19. The Morgan fingerprint density at radius 3 is 2.91 bits per heavy atom. The number of aromatic carboxylic acids is 1. The highest BCUT2D eigenvalue weighted by molar-refractivity contribution is 8.01. The number of carbonyl (C=O) groups is 2. The first-order valence-electron chi connectivity index (χ1n) is 7.93. The number of nitrogens with zero attached hydrogens (tertiary/aromatic N) is 2. The second-order valence-electron chi connectivity index (χ2n) is 6.11. The normalized spacial score (nSPS) is 23.1. The van der Waals surface area contributed by atoms with Crippen molar-refractivity contribution in [2.24, 2.45) is 11.7 Å². The van der Waals surface area contributed by atoms with Gasteiger partial charge in [0.25, 0.3) is 0 Å². The quantitative estimate of drug-likeness (QED) is 0.727. The molecule has 2 heterocycles. The van der Waals surface area contributed by atoms with Crippen molar-refractivity contribution in [3.8, 4) is 0 Å². The summed E-state index contributed by atoms with van der Waals surface area (Å²) in [6.07, 6.45) is 5.08. The molecule has 126 valence electrons. The molecular weight excluding hydrogens is 334 g/mol. The summed E-state index contributed by atoms with van der Waals surface area (Å²) in [5, 5.41) is 10.4. The Hall–Kier alpha value is -1.12. The van der Waals surface area contributed by atoms with Crippen molar-refractivity contribution < 1.29 is 14.7 Å². The molecule has 2 fully saturated rings. The van der Waals surface area contributed by atoms with Crippen molar-refractivity contribution in [1.82, 2.24) is 9.88 Å². The molecule has 1 aliphatic heterocycles. The Bertz CT molecular complexity index is 588. The van der Waals surface area contributed by atoms with Crippen LogP contribution in [0.3, 0.4) is 0 Å². The second-order valence-corrected chi connectivity index (χ2v) is 8.31. The molecule has 3 rings (SSSR count). The average Bonchev–Trinajstić information content (AvgIpc) is 3.05. The van der Waals surface area contributed by atoms with Crippen molar-refractivity contribution in [2.45, 2.75) is 48.5 Å². The van der Waals surface area contributed by atoms with Crippen LogP contribution in [-0.4, -0.2) is 51.2 Å². The van der Waals surface area contributed by atoms with E-state index in [0.717, 1.165) is 10.8 Å². The van der Waals surface area contributed by atoms with Gasteiger partial charge >= 0.3 is 5.97 Å². The summed E-state index contributed by atoms with van der Waals surface area (Å²) in [5.74, 6) is 0.467. The fourth-order valence-corrected chi connectivity index (χ4v) is 5.05. The molecule has 0 bridgehead atoms. The van der Waals surface area contributed by atoms with Gasteiger partial charge in [-0.25, -0.2) is 9.78 Å². The van der Waals surface area contributed by atoms with Gasteiger partial charge in [-0.1, -0.05) is 18.2 Å². The molecule has 8 heteroatoms. The van der Waals surface area contributed by atoms with Crippen molar-refractivity contribution in [1.29, 1.82) is 0 Å². The highest BCUT2D eigenvalue weighted by atomic mass is 32.2. The fraction of sp³-hybridized carbons (Fsp3) is 0.667. The third kappa shape index (κ3) is 3.70. The van der Waals surface area contributed by atoms with Crippen LogP contribution in [0.25, 0.3) is 0 Å². The van der Waals surface area contributed by atoms with Gasteiger partial charge in [-0.3, -0.25) is 4.79 Å². The summed E-state index contributed by atoms with van der Waals surface area (Å²) < 4.78 is 0.730. The maximum absolute atomic E-state index is 12.1. The Kier molecular flexibility index (Phi) is 5.23. The van der Waals surface area contributed by atoms with Crippen LogP contribution in [0.2, 0.25) is 0 Å². The lowest BCUT2D eigenvalue weighted by Gasteiger charge is -2.38. The van der Waals surface area contributed by atoms with E-state index in [-0.39, 0.29) is 23.7 Å². The Balaban J connectivity index is 1.52. The minimum absolute atomic E-state index is 0.0830. The molecule has 1 amide bonds. The van der Waals surface area contributed by atoms with Crippen molar-refractivity contribution in [3.05, 3.63) is 11.1 Å². The minimum atomic E-state index is -1.01. The van der Waals surface area contributed by atoms with Gasteiger partial charge in [0.05, 0.1) is 0 Å². The lowest BCUT2D eigenvalue weighted by molar-refractivity contribution is -0.129. The van der Waals surface area contributed by atoms with E-state index in [1.807, 2.05) is 4.90 Å². The third-order valence-corrected chi connectivity index (χ3v) is 6.77. The number of hydrogen-bond acceptors (Lipinski definition) is 6. The number of carboxylic acids is 1. The van der Waals surface area contributed by atoms with E-state index in [1.165, 1.54) is 42.4 Å². The van der Waals surface area contributed by atoms with Gasteiger partial charge in [0.1, 0.15) is 0 Å². The maximum Gasteiger partial charge on any atom is 0.355 e. The first-order valence-corrected chi connectivity index (χ1v) is 9.79. The summed E-state index contributed by atoms with van der Waals surface area (Å²) in [6, 6.07) is 0.262. The van der Waals surface area contributed by atoms with E-state index in [2.05, 4.69) is 4.98 Å². The fourth-order valence-electron chi connectivity index (χ4n) is 3.24. The number of thioether (sulfide) groups is 1. The van der Waals surface area contributed by atoms with Crippen LogP contribution in [0.4, 0.5) is 0 Å². The van der Waals surface area contributed by atoms with Crippen LogP contribution in [0.1, 0.15) is 42.6 Å². The van der Waals surface area contributed by atoms with Gasteiger partial charge in [0.2, 0.25) is 5.91 Å². The van der Waals surface area contributed by atoms with E-state index in [4.69, 9.17) is 10.8 Å².